The van der Waals surface area contributed by atoms with Crippen LogP contribution in [-0.4, -0.2) is 43.1 Å². The highest BCUT2D eigenvalue weighted by Crippen LogP contribution is 2.33. The van der Waals surface area contributed by atoms with Crippen LogP contribution in [0.4, 0.5) is 0 Å². The van der Waals surface area contributed by atoms with Gasteiger partial charge in [0.25, 0.3) is 0 Å². The van der Waals surface area contributed by atoms with Crippen LogP contribution in [-0.2, 0) is 6.54 Å². The molecule has 0 atom stereocenters. The lowest BCUT2D eigenvalue weighted by Gasteiger charge is -2.33. The lowest BCUT2D eigenvalue weighted by atomic mass is 10.0. The van der Waals surface area contributed by atoms with E-state index in [-0.39, 0.29) is 24.0 Å². The van der Waals surface area contributed by atoms with Gasteiger partial charge < -0.3 is 10.6 Å². The second kappa shape index (κ2) is 11.8. The fraction of sp³-hybridized carbons (Fsp3) is 0.667. The van der Waals surface area contributed by atoms with Gasteiger partial charge in [0.1, 0.15) is 0 Å². The molecule has 1 saturated carbocycles. The van der Waals surface area contributed by atoms with Crippen molar-refractivity contribution in [3.05, 3.63) is 35.9 Å². The third kappa shape index (κ3) is 7.82. The summed E-state index contributed by atoms with van der Waals surface area (Å²) in [6.45, 7) is 7.42. The molecule has 4 nitrogen and oxygen atoms in total. The second-order valence-electron chi connectivity index (χ2n) is 7.53. The van der Waals surface area contributed by atoms with E-state index in [4.69, 9.17) is 4.99 Å². The number of halogens is 1. The van der Waals surface area contributed by atoms with Gasteiger partial charge in [0, 0.05) is 38.8 Å². The Morgan fingerprint density at radius 1 is 1.12 bits per heavy atom. The fourth-order valence-electron chi connectivity index (χ4n) is 3.57. The Labute approximate surface area is 176 Å². The first-order chi connectivity index (χ1) is 12.3. The summed E-state index contributed by atoms with van der Waals surface area (Å²) in [6, 6.07) is 11.3. The third-order valence-electron chi connectivity index (χ3n) is 5.26. The molecule has 5 heteroatoms. The Bertz CT molecular complexity index is 522. The van der Waals surface area contributed by atoms with Crippen LogP contribution >= 0.6 is 24.0 Å². The van der Waals surface area contributed by atoms with Crippen molar-refractivity contribution in [3.63, 3.8) is 0 Å². The largest absolute Gasteiger partial charge is 0.357 e. The summed E-state index contributed by atoms with van der Waals surface area (Å²) in [6.07, 6.45) is 7.88. The molecule has 1 aliphatic heterocycles. The monoisotopic (exact) mass is 470 g/mol. The van der Waals surface area contributed by atoms with E-state index in [1.807, 2.05) is 0 Å². The lowest BCUT2D eigenvalue weighted by Crippen LogP contribution is -2.48. The maximum Gasteiger partial charge on any atom is 0.191 e. The summed E-state index contributed by atoms with van der Waals surface area (Å²) < 4.78 is 0. The van der Waals surface area contributed by atoms with Crippen LogP contribution in [0.25, 0.3) is 0 Å². The number of hydrogen-bond donors (Lipinski definition) is 2. The summed E-state index contributed by atoms with van der Waals surface area (Å²) in [4.78, 5) is 7.34. The van der Waals surface area contributed by atoms with E-state index < -0.39 is 0 Å². The Hall–Kier alpha value is -0.820. The Morgan fingerprint density at radius 3 is 2.50 bits per heavy atom. The van der Waals surface area contributed by atoms with E-state index in [2.05, 4.69) is 52.8 Å². The molecule has 146 valence electrons. The zero-order chi connectivity index (χ0) is 17.3. The predicted octanol–water partition coefficient (Wildman–Crippen LogP) is 4.01. The minimum absolute atomic E-state index is 0. The zero-order valence-electron chi connectivity index (χ0n) is 16.1. The molecule has 1 saturated heterocycles. The molecule has 0 spiro atoms. The molecule has 2 aliphatic rings. The molecule has 0 bridgehead atoms. The van der Waals surface area contributed by atoms with Crippen molar-refractivity contribution in [2.24, 2.45) is 10.9 Å². The second-order valence-corrected chi connectivity index (χ2v) is 7.53. The number of aliphatic imine (C=N–C) groups is 1. The van der Waals surface area contributed by atoms with Crippen LogP contribution in [0.2, 0.25) is 0 Å². The van der Waals surface area contributed by atoms with Crippen LogP contribution in [0.5, 0.6) is 0 Å². The standard InChI is InChI=1S/C21H34N4.HI/c1-2-22-21(23-14-6-9-18-10-11-18)24-20-12-15-25(16-13-20)17-19-7-4-3-5-8-19;/h3-5,7-8,18,20H,2,6,9-17H2,1H3,(H2,22,23,24);1H. The number of nitrogens with one attached hydrogen (secondary N) is 2. The highest BCUT2D eigenvalue weighted by molar-refractivity contribution is 14.0. The van der Waals surface area contributed by atoms with E-state index in [1.165, 1.54) is 44.1 Å². The number of likely N-dealkylation sites (tertiary alicyclic amines) is 1. The molecule has 26 heavy (non-hydrogen) atoms. The van der Waals surface area contributed by atoms with Gasteiger partial charge in [-0.2, -0.15) is 0 Å². The lowest BCUT2D eigenvalue weighted by molar-refractivity contribution is 0.198. The van der Waals surface area contributed by atoms with Crippen molar-refractivity contribution >= 4 is 29.9 Å². The third-order valence-corrected chi connectivity index (χ3v) is 5.26. The molecule has 0 unspecified atom stereocenters. The van der Waals surface area contributed by atoms with E-state index >= 15 is 0 Å². The topological polar surface area (TPSA) is 39.7 Å². The summed E-state index contributed by atoms with van der Waals surface area (Å²) in [5.41, 5.74) is 1.42. The van der Waals surface area contributed by atoms with Crippen molar-refractivity contribution in [1.82, 2.24) is 15.5 Å². The average molecular weight is 470 g/mol. The number of nitrogens with zero attached hydrogens (tertiary/aromatic N) is 2. The molecule has 1 aliphatic carbocycles. The Balaban J connectivity index is 0.00000243. The summed E-state index contributed by atoms with van der Waals surface area (Å²) in [5, 5.41) is 7.07. The molecule has 1 aromatic rings. The molecule has 0 aromatic heterocycles. The fourth-order valence-corrected chi connectivity index (χ4v) is 3.57. The molecular formula is C21H35IN4. The summed E-state index contributed by atoms with van der Waals surface area (Å²) in [5.74, 6) is 2.03. The van der Waals surface area contributed by atoms with Gasteiger partial charge in [-0.3, -0.25) is 9.89 Å². The highest BCUT2D eigenvalue weighted by atomic mass is 127. The first-order valence-corrected chi connectivity index (χ1v) is 10.1. The van der Waals surface area contributed by atoms with Crippen LogP contribution in [0.3, 0.4) is 0 Å². The first kappa shape index (κ1) is 21.5. The van der Waals surface area contributed by atoms with E-state index in [9.17, 15) is 0 Å². The van der Waals surface area contributed by atoms with Gasteiger partial charge in [-0.15, -0.1) is 24.0 Å². The smallest absolute Gasteiger partial charge is 0.191 e. The van der Waals surface area contributed by atoms with Gasteiger partial charge in [-0.05, 0) is 44.1 Å². The zero-order valence-corrected chi connectivity index (χ0v) is 18.5. The maximum atomic E-state index is 4.77. The van der Waals surface area contributed by atoms with Crippen molar-refractivity contribution in [2.45, 2.75) is 58.0 Å². The Morgan fingerprint density at radius 2 is 1.85 bits per heavy atom. The summed E-state index contributed by atoms with van der Waals surface area (Å²) in [7, 11) is 0. The molecule has 1 heterocycles. The van der Waals surface area contributed by atoms with Gasteiger partial charge >= 0.3 is 0 Å². The SMILES string of the molecule is CCNC(=NCCCC1CC1)NC1CCN(Cc2ccccc2)CC1.I. The number of benzene rings is 1. The van der Waals surface area contributed by atoms with E-state index in [1.54, 1.807) is 0 Å². The maximum absolute atomic E-state index is 4.77. The van der Waals surface area contributed by atoms with E-state index in [0.29, 0.717) is 6.04 Å². The number of guanidine groups is 1. The van der Waals surface area contributed by atoms with Gasteiger partial charge in [-0.1, -0.05) is 43.2 Å². The molecule has 0 amide bonds. The van der Waals surface area contributed by atoms with Crippen molar-refractivity contribution in [3.8, 4) is 0 Å². The molecular weight excluding hydrogens is 435 g/mol. The minimum atomic E-state index is 0. The van der Waals surface area contributed by atoms with Crippen molar-refractivity contribution in [1.29, 1.82) is 0 Å². The molecule has 2 fully saturated rings. The first-order valence-electron chi connectivity index (χ1n) is 10.1. The van der Waals surface area contributed by atoms with Crippen molar-refractivity contribution < 1.29 is 0 Å². The average Bonchev–Trinajstić information content (AvgIpc) is 3.46. The van der Waals surface area contributed by atoms with Crippen LogP contribution in [0.15, 0.2) is 35.3 Å². The molecule has 0 radical (unpaired) electrons. The van der Waals surface area contributed by atoms with Gasteiger partial charge in [0.2, 0.25) is 0 Å². The van der Waals surface area contributed by atoms with Gasteiger partial charge in [-0.25, -0.2) is 0 Å². The summed E-state index contributed by atoms with van der Waals surface area (Å²) >= 11 is 0. The van der Waals surface area contributed by atoms with Crippen LogP contribution in [0, 0.1) is 5.92 Å². The minimum Gasteiger partial charge on any atom is -0.357 e. The molecule has 2 N–H and O–H groups in total. The van der Waals surface area contributed by atoms with E-state index in [0.717, 1.165) is 44.6 Å². The normalized spacial score (nSPS) is 19.0. The molecule has 3 rings (SSSR count). The predicted molar refractivity (Wildman–Crippen MR) is 121 cm³/mol. The van der Waals surface area contributed by atoms with Gasteiger partial charge in [0.05, 0.1) is 0 Å². The van der Waals surface area contributed by atoms with Gasteiger partial charge in [0.15, 0.2) is 5.96 Å². The van der Waals surface area contributed by atoms with Crippen LogP contribution < -0.4 is 10.6 Å². The van der Waals surface area contributed by atoms with Crippen LogP contribution in [0.1, 0.15) is 51.0 Å². The highest BCUT2D eigenvalue weighted by Gasteiger charge is 2.21. The molecule has 1 aromatic carbocycles. The number of piperidine rings is 1. The Kier molecular flexibility index (Phi) is 9.75. The number of rotatable bonds is 8. The number of hydrogen-bond acceptors (Lipinski definition) is 2. The van der Waals surface area contributed by atoms with Crippen molar-refractivity contribution in [2.75, 3.05) is 26.2 Å². The quantitative estimate of drug-likeness (QED) is 0.261.